The van der Waals surface area contributed by atoms with Crippen LogP contribution in [0.5, 0.6) is 0 Å². The zero-order valence-corrected chi connectivity index (χ0v) is 16.6. The van der Waals surface area contributed by atoms with Gasteiger partial charge in [-0.25, -0.2) is 8.42 Å². The van der Waals surface area contributed by atoms with Crippen LogP contribution in [-0.2, 0) is 10.0 Å². The Bertz CT molecular complexity index is 879. The van der Waals surface area contributed by atoms with Crippen LogP contribution in [0.3, 0.4) is 0 Å². The molecule has 25 heavy (non-hydrogen) atoms. The van der Waals surface area contributed by atoms with Gasteiger partial charge in [0, 0.05) is 38.6 Å². The first kappa shape index (κ1) is 19.0. The maximum atomic E-state index is 12.8. The van der Waals surface area contributed by atoms with Crippen molar-refractivity contribution in [2.75, 3.05) is 31.1 Å². The number of rotatable bonds is 3. The van der Waals surface area contributed by atoms with Crippen LogP contribution >= 0.6 is 46.4 Å². The van der Waals surface area contributed by atoms with E-state index in [-0.39, 0.29) is 28.0 Å². The van der Waals surface area contributed by atoms with Gasteiger partial charge in [0.05, 0.1) is 25.8 Å². The predicted octanol–water partition coefficient (Wildman–Crippen LogP) is 4.21. The Morgan fingerprint density at radius 2 is 1.48 bits per heavy atom. The topological polar surface area (TPSA) is 53.5 Å². The fourth-order valence-corrected chi connectivity index (χ4v) is 5.44. The van der Waals surface area contributed by atoms with Gasteiger partial charge >= 0.3 is 0 Å². The highest BCUT2D eigenvalue weighted by atomic mass is 35.5. The number of anilines is 1. The summed E-state index contributed by atoms with van der Waals surface area (Å²) in [7, 11) is -3.73. The Morgan fingerprint density at radius 1 is 0.880 bits per heavy atom. The molecule has 1 fully saturated rings. The lowest BCUT2D eigenvalue weighted by Gasteiger charge is -2.36. The van der Waals surface area contributed by atoms with Gasteiger partial charge in [0.1, 0.15) is 4.90 Å². The number of halogens is 4. The minimum absolute atomic E-state index is 0.00934. The molecule has 0 aliphatic carbocycles. The van der Waals surface area contributed by atoms with Gasteiger partial charge in [-0.15, -0.1) is 0 Å². The molecule has 5 nitrogen and oxygen atoms in total. The average Bonchev–Trinajstić information content (AvgIpc) is 2.57. The van der Waals surface area contributed by atoms with E-state index in [0.717, 1.165) is 0 Å². The van der Waals surface area contributed by atoms with E-state index in [1.807, 2.05) is 4.90 Å². The predicted molar refractivity (Wildman–Crippen MR) is 102 cm³/mol. The Balaban J connectivity index is 1.81. The number of sulfonamides is 1. The monoisotopic (exact) mass is 439 g/mol. The third-order valence-corrected chi connectivity index (χ3v) is 7.34. The zero-order chi connectivity index (χ0) is 18.2. The molecular formula is C15H13Cl4N3O2S. The number of aromatic nitrogens is 1. The van der Waals surface area contributed by atoms with Crippen LogP contribution in [0.25, 0.3) is 0 Å². The summed E-state index contributed by atoms with van der Waals surface area (Å²) in [6.07, 6.45) is 3.02. The van der Waals surface area contributed by atoms with Crippen molar-refractivity contribution in [3.05, 3.63) is 50.7 Å². The van der Waals surface area contributed by atoms with E-state index in [1.165, 1.54) is 22.8 Å². The second kappa shape index (κ2) is 7.47. The third kappa shape index (κ3) is 3.70. The molecule has 0 bridgehead atoms. The number of piperazine rings is 1. The van der Waals surface area contributed by atoms with Crippen molar-refractivity contribution < 1.29 is 8.42 Å². The van der Waals surface area contributed by atoms with Crippen LogP contribution in [-0.4, -0.2) is 43.9 Å². The van der Waals surface area contributed by atoms with E-state index < -0.39 is 10.0 Å². The molecule has 1 aliphatic rings. The standard InChI is InChI=1S/C15H13Cl4N3O2S/c16-10-2-1-3-13(14(10)19)25(23,24)22-6-4-21(5-7-22)15-11(17)8-20-9-12(15)18/h1-3,8-9H,4-7H2. The molecule has 0 amide bonds. The van der Waals surface area contributed by atoms with Gasteiger partial charge in [-0.1, -0.05) is 52.5 Å². The summed E-state index contributed by atoms with van der Waals surface area (Å²) < 4.78 is 27.1. The minimum Gasteiger partial charge on any atom is -0.366 e. The first-order valence-electron chi connectivity index (χ1n) is 7.30. The molecule has 1 saturated heterocycles. The maximum Gasteiger partial charge on any atom is 0.244 e. The fourth-order valence-electron chi connectivity index (χ4n) is 2.68. The van der Waals surface area contributed by atoms with Crippen molar-refractivity contribution in [2.24, 2.45) is 0 Å². The minimum atomic E-state index is -3.73. The van der Waals surface area contributed by atoms with Gasteiger partial charge in [-0.3, -0.25) is 4.98 Å². The lowest BCUT2D eigenvalue weighted by Crippen LogP contribution is -2.48. The first-order chi connectivity index (χ1) is 11.8. The molecule has 2 heterocycles. The summed E-state index contributed by atoms with van der Waals surface area (Å²) >= 11 is 24.4. The van der Waals surface area contributed by atoms with Crippen molar-refractivity contribution in [3.63, 3.8) is 0 Å². The molecular weight excluding hydrogens is 428 g/mol. The summed E-state index contributed by atoms with van der Waals surface area (Å²) in [6.45, 7) is 1.45. The second-order valence-electron chi connectivity index (χ2n) is 5.39. The smallest absolute Gasteiger partial charge is 0.244 e. The Labute approximate surface area is 166 Å². The van der Waals surface area contributed by atoms with Crippen LogP contribution in [0, 0.1) is 0 Å². The molecule has 0 unspecified atom stereocenters. The van der Waals surface area contributed by atoms with Crippen LogP contribution in [0.4, 0.5) is 5.69 Å². The molecule has 134 valence electrons. The normalized spacial score (nSPS) is 16.2. The molecule has 1 aromatic carbocycles. The Kier molecular flexibility index (Phi) is 5.68. The fraction of sp³-hybridized carbons (Fsp3) is 0.267. The van der Waals surface area contributed by atoms with Crippen molar-refractivity contribution in [1.29, 1.82) is 0 Å². The van der Waals surface area contributed by atoms with E-state index in [9.17, 15) is 8.42 Å². The summed E-state index contributed by atoms with van der Waals surface area (Å²) in [5.41, 5.74) is 0.663. The second-order valence-corrected chi connectivity index (χ2v) is 8.90. The van der Waals surface area contributed by atoms with Gasteiger partial charge in [0.15, 0.2) is 0 Å². The van der Waals surface area contributed by atoms with E-state index in [1.54, 1.807) is 12.1 Å². The molecule has 10 heteroatoms. The number of benzene rings is 1. The average molecular weight is 441 g/mol. The van der Waals surface area contributed by atoms with Crippen LogP contribution in [0.2, 0.25) is 20.1 Å². The van der Waals surface area contributed by atoms with Gasteiger partial charge in [0.25, 0.3) is 0 Å². The van der Waals surface area contributed by atoms with Gasteiger partial charge in [0.2, 0.25) is 10.0 Å². The Morgan fingerprint density at radius 3 is 2.08 bits per heavy atom. The lowest BCUT2D eigenvalue weighted by atomic mass is 10.3. The van der Waals surface area contributed by atoms with E-state index in [0.29, 0.717) is 28.8 Å². The first-order valence-corrected chi connectivity index (χ1v) is 10.3. The van der Waals surface area contributed by atoms with Crippen molar-refractivity contribution >= 4 is 62.1 Å². The van der Waals surface area contributed by atoms with E-state index >= 15 is 0 Å². The molecule has 2 aromatic rings. The highest BCUT2D eigenvalue weighted by Gasteiger charge is 2.31. The van der Waals surface area contributed by atoms with Crippen molar-refractivity contribution in [2.45, 2.75) is 4.90 Å². The molecule has 3 rings (SSSR count). The molecule has 1 aliphatic heterocycles. The third-order valence-electron chi connectivity index (χ3n) is 3.92. The van der Waals surface area contributed by atoms with Crippen LogP contribution in [0.1, 0.15) is 0 Å². The highest BCUT2D eigenvalue weighted by molar-refractivity contribution is 7.89. The summed E-state index contributed by atoms with van der Waals surface area (Å²) in [5, 5.41) is 1.10. The van der Waals surface area contributed by atoms with E-state index in [4.69, 9.17) is 46.4 Å². The molecule has 0 N–H and O–H groups in total. The number of hydrogen-bond acceptors (Lipinski definition) is 4. The number of hydrogen-bond donors (Lipinski definition) is 0. The van der Waals surface area contributed by atoms with Gasteiger partial charge < -0.3 is 4.90 Å². The Hall–Kier alpha value is -0.760. The number of pyridine rings is 1. The number of nitrogens with zero attached hydrogens (tertiary/aromatic N) is 3. The van der Waals surface area contributed by atoms with Gasteiger partial charge in [-0.05, 0) is 12.1 Å². The van der Waals surface area contributed by atoms with Crippen molar-refractivity contribution in [1.82, 2.24) is 9.29 Å². The van der Waals surface area contributed by atoms with Gasteiger partial charge in [-0.2, -0.15) is 4.31 Å². The van der Waals surface area contributed by atoms with Crippen molar-refractivity contribution in [3.8, 4) is 0 Å². The molecule has 1 aromatic heterocycles. The van der Waals surface area contributed by atoms with Crippen LogP contribution < -0.4 is 4.90 Å². The summed E-state index contributed by atoms with van der Waals surface area (Å²) in [5.74, 6) is 0. The van der Waals surface area contributed by atoms with Crippen LogP contribution in [0.15, 0.2) is 35.5 Å². The largest absolute Gasteiger partial charge is 0.366 e. The quantitative estimate of drug-likeness (QED) is 0.717. The summed E-state index contributed by atoms with van der Waals surface area (Å²) in [4.78, 5) is 5.88. The molecule has 0 atom stereocenters. The SMILES string of the molecule is O=S(=O)(c1cccc(Cl)c1Cl)N1CCN(c2c(Cl)cncc2Cl)CC1. The summed E-state index contributed by atoms with van der Waals surface area (Å²) in [6, 6.07) is 4.56. The van der Waals surface area contributed by atoms with E-state index in [2.05, 4.69) is 4.98 Å². The zero-order valence-electron chi connectivity index (χ0n) is 12.8. The molecule has 0 radical (unpaired) electrons. The highest BCUT2D eigenvalue weighted by Crippen LogP contribution is 2.35. The molecule has 0 spiro atoms. The molecule has 0 saturated carbocycles. The maximum absolute atomic E-state index is 12.8. The lowest BCUT2D eigenvalue weighted by molar-refractivity contribution is 0.385.